The summed E-state index contributed by atoms with van der Waals surface area (Å²) in [6, 6.07) is 27.5. The molecular formula is C28H25N5O. The van der Waals surface area contributed by atoms with Crippen LogP contribution in [-0.4, -0.2) is 27.6 Å². The van der Waals surface area contributed by atoms with Crippen LogP contribution in [0.3, 0.4) is 0 Å². The lowest BCUT2D eigenvalue weighted by molar-refractivity contribution is 0.0952. The highest BCUT2D eigenvalue weighted by Crippen LogP contribution is 2.27. The van der Waals surface area contributed by atoms with E-state index in [-0.39, 0.29) is 11.9 Å². The zero-order valence-electron chi connectivity index (χ0n) is 18.8. The predicted molar refractivity (Wildman–Crippen MR) is 136 cm³/mol. The number of rotatable bonds is 7. The third-order valence-corrected chi connectivity index (χ3v) is 5.86. The molecule has 2 aromatic heterocycles. The van der Waals surface area contributed by atoms with Crippen LogP contribution in [0.2, 0.25) is 0 Å². The second-order valence-corrected chi connectivity index (χ2v) is 8.23. The maximum atomic E-state index is 12.6. The Bertz CT molecular complexity index is 1410. The molecule has 0 radical (unpaired) electrons. The van der Waals surface area contributed by atoms with Gasteiger partial charge in [0.15, 0.2) is 0 Å². The lowest BCUT2D eigenvalue weighted by Gasteiger charge is -2.21. The average Bonchev–Trinajstić information content (AvgIpc) is 3.27. The number of nitrogens with zero attached hydrogens (tertiary/aromatic N) is 2. The molecule has 6 nitrogen and oxygen atoms in total. The first-order chi connectivity index (χ1) is 16.7. The second kappa shape index (κ2) is 9.58. The van der Waals surface area contributed by atoms with Gasteiger partial charge in [0.05, 0.1) is 17.2 Å². The number of nitrogens with one attached hydrogen (secondary N) is 3. The van der Waals surface area contributed by atoms with Crippen LogP contribution < -0.4 is 10.6 Å². The Morgan fingerprint density at radius 2 is 1.68 bits per heavy atom. The molecule has 2 heterocycles. The van der Waals surface area contributed by atoms with Gasteiger partial charge in [-0.05, 0) is 48.4 Å². The first kappa shape index (κ1) is 21.4. The number of pyridine rings is 1. The summed E-state index contributed by atoms with van der Waals surface area (Å²) in [5.74, 6) is -0.0982. The molecule has 0 bridgehead atoms. The monoisotopic (exact) mass is 447 g/mol. The Hall–Kier alpha value is -4.45. The largest absolute Gasteiger partial charge is 0.375 e. The number of carbonyl (C=O) groups excluding carboxylic acids is 1. The number of benzene rings is 3. The van der Waals surface area contributed by atoms with Gasteiger partial charge in [-0.3, -0.25) is 14.9 Å². The molecule has 1 unspecified atom stereocenters. The van der Waals surface area contributed by atoms with Crippen molar-refractivity contribution in [1.29, 1.82) is 0 Å². The van der Waals surface area contributed by atoms with Gasteiger partial charge < -0.3 is 10.6 Å². The van der Waals surface area contributed by atoms with Crippen LogP contribution >= 0.6 is 0 Å². The van der Waals surface area contributed by atoms with Crippen LogP contribution in [0.25, 0.3) is 22.0 Å². The van der Waals surface area contributed by atoms with E-state index in [1.807, 2.05) is 67.7 Å². The molecule has 6 heteroatoms. The number of anilines is 1. The van der Waals surface area contributed by atoms with Crippen molar-refractivity contribution in [3.05, 3.63) is 114 Å². The third kappa shape index (κ3) is 4.66. The van der Waals surface area contributed by atoms with E-state index in [0.717, 1.165) is 39.0 Å². The van der Waals surface area contributed by atoms with E-state index in [9.17, 15) is 4.79 Å². The number of aryl methyl sites for hydroxylation is 1. The summed E-state index contributed by atoms with van der Waals surface area (Å²) in [5.41, 5.74) is 6.66. The number of amides is 1. The van der Waals surface area contributed by atoms with Crippen molar-refractivity contribution in [2.75, 3.05) is 11.9 Å². The Morgan fingerprint density at radius 1 is 0.912 bits per heavy atom. The molecule has 168 valence electrons. The SMILES string of the molecule is Cc1[nH]nc2ccc(-c3cncc(NC(CNC(=O)c4ccccc4)c4ccccc4)c3)cc12. The molecule has 0 aliphatic carbocycles. The average molecular weight is 448 g/mol. The molecule has 0 saturated carbocycles. The summed E-state index contributed by atoms with van der Waals surface area (Å²) in [7, 11) is 0. The molecule has 0 aliphatic rings. The first-order valence-electron chi connectivity index (χ1n) is 11.2. The van der Waals surface area contributed by atoms with Gasteiger partial charge in [-0.15, -0.1) is 0 Å². The maximum absolute atomic E-state index is 12.6. The molecule has 0 saturated heterocycles. The van der Waals surface area contributed by atoms with Crippen molar-refractivity contribution in [3.8, 4) is 11.1 Å². The smallest absolute Gasteiger partial charge is 0.251 e. The molecule has 0 spiro atoms. The van der Waals surface area contributed by atoms with E-state index >= 15 is 0 Å². The van der Waals surface area contributed by atoms with Gasteiger partial charge in [0.1, 0.15) is 0 Å². The quantitative estimate of drug-likeness (QED) is 0.307. The first-order valence-corrected chi connectivity index (χ1v) is 11.2. The fourth-order valence-electron chi connectivity index (χ4n) is 4.02. The van der Waals surface area contributed by atoms with Gasteiger partial charge in [0, 0.05) is 41.1 Å². The van der Waals surface area contributed by atoms with Crippen molar-refractivity contribution >= 4 is 22.5 Å². The van der Waals surface area contributed by atoms with Gasteiger partial charge in [0.25, 0.3) is 5.91 Å². The zero-order valence-corrected chi connectivity index (χ0v) is 18.8. The van der Waals surface area contributed by atoms with E-state index in [1.165, 1.54) is 0 Å². The molecule has 3 aromatic carbocycles. The highest BCUT2D eigenvalue weighted by atomic mass is 16.1. The summed E-state index contributed by atoms with van der Waals surface area (Å²) in [4.78, 5) is 17.1. The molecule has 5 rings (SSSR count). The maximum Gasteiger partial charge on any atom is 0.251 e. The molecule has 0 aliphatic heterocycles. The van der Waals surface area contributed by atoms with E-state index in [2.05, 4.69) is 56.1 Å². The lowest BCUT2D eigenvalue weighted by atomic mass is 10.0. The van der Waals surface area contributed by atoms with Crippen LogP contribution in [0, 0.1) is 6.92 Å². The highest BCUT2D eigenvalue weighted by Gasteiger charge is 2.15. The minimum absolute atomic E-state index is 0.0982. The number of aromatic nitrogens is 3. The third-order valence-electron chi connectivity index (χ3n) is 5.86. The van der Waals surface area contributed by atoms with Crippen molar-refractivity contribution in [1.82, 2.24) is 20.5 Å². The molecule has 5 aromatic rings. The predicted octanol–water partition coefficient (Wildman–Crippen LogP) is 5.52. The Labute approximate surface area is 198 Å². The molecule has 3 N–H and O–H groups in total. The van der Waals surface area contributed by atoms with Crippen LogP contribution in [0.15, 0.2) is 97.3 Å². The Kier molecular flexibility index (Phi) is 6.03. The van der Waals surface area contributed by atoms with Crippen molar-refractivity contribution in [2.45, 2.75) is 13.0 Å². The number of hydrogen-bond donors (Lipinski definition) is 3. The van der Waals surface area contributed by atoms with E-state index in [1.54, 1.807) is 6.20 Å². The van der Waals surface area contributed by atoms with Crippen LogP contribution in [-0.2, 0) is 0 Å². The fourth-order valence-corrected chi connectivity index (χ4v) is 4.02. The van der Waals surface area contributed by atoms with E-state index < -0.39 is 0 Å². The molecule has 1 atom stereocenters. The number of carbonyl (C=O) groups is 1. The number of H-pyrrole nitrogens is 1. The zero-order chi connectivity index (χ0) is 23.3. The van der Waals surface area contributed by atoms with Crippen molar-refractivity contribution in [3.63, 3.8) is 0 Å². The molecular weight excluding hydrogens is 422 g/mol. The van der Waals surface area contributed by atoms with Crippen LogP contribution in [0.5, 0.6) is 0 Å². The number of fused-ring (bicyclic) bond motifs is 1. The van der Waals surface area contributed by atoms with E-state index in [0.29, 0.717) is 12.1 Å². The standard InChI is InChI=1S/C28H25N5O/c1-19-25-15-22(12-13-26(25)33-32-19)23-14-24(17-29-16-23)31-27(20-8-4-2-5-9-20)18-30-28(34)21-10-6-3-7-11-21/h2-17,27,31H,18H2,1H3,(H,30,34)(H,32,33). The van der Waals surface area contributed by atoms with Crippen molar-refractivity contribution < 1.29 is 4.79 Å². The van der Waals surface area contributed by atoms with Gasteiger partial charge in [-0.1, -0.05) is 54.6 Å². The fraction of sp³-hybridized carbons (Fsp3) is 0.107. The highest BCUT2D eigenvalue weighted by molar-refractivity contribution is 5.94. The summed E-state index contributed by atoms with van der Waals surface area (Å²) in [5, 5.41) is 15.1. The minimum atomic E-state index is -0.121. The van der Waals surface area contributed by atoms with Crippen molar-refractivity contribution in [2.24, 2.45) is 0 Å². The summed E-state index contributed by atoms with van der Waals surface area (Å²) >= 11 is 0. The summed E-state index contributed by atoms with van der Waals surface area (Å²) in [6.07, 6.45) is 3.66. The topological polar surface area (TPSA) is 82.7 Å². The van der Waals surface area contributed by atoms with Gasteiger partial charge in [-0.25, -0.2) is 0 Å². The van der Waals surface area contributed by atoms with Gasteiger partial charge in [-0.2, -0.15) is 5.10 Å². The Balaban J connectivity index is 1.38. The summed E-state index contributed by atoms with van der Waals surface area (Å²) < 4.78 is 0. The van der Waals surface area contributed by atoms with E-state index in [4.69, 9.17) is 0 Å². The second-order valence-electron chi connectivity index (χ2n) is 8.23. The molecule has 1 amide bonds. The molecule has 0 fully saturated rings. The van der Waals surface area contributed by atoms with Crippen LogP contribution in [0.1, 0.15) is 27.7 Å². The minimum Gasteiger partial charge on any atom is -0.375 e. The summed E-state index contributed by atoms with van der Waals surface area (Å²) in [6.45, 7) is 2.45. The molecule has 34 heavy (non-hydrogen) atoms. The number of hydrogen-bond acceptors (Lipinski definition) is 4. The number of aromatic amines is 1. The lowest BCUT2D eigenvalue weighted by Crippen LogP contribution is -2.31. The normalized spacial score (nSPS) is 11.8. The van der Waals surface area contributed by atoms with Gasteiger partial charge >= 0.3 is 0 Å². The van der Waals surface area contributed by atoms with Gasteiger partial charge in [0.2, 0.25) is 0 Å². The Morgan fingerprint density at radius 3 is 2.47 bits per heavy atom. The van der Waals surface area contributed by atoms with Crippen LogP contribution in [0.4, 0.5) is 5.69 Å².